The summed E-state index contributed by atoms with van der Waals surface area (Å²) >= 11 is 0. The molecule has 0 aromatic heterocycles. The topological polar surface area (TPSA) is 23.6 Å². The molecule has 2 heterocycles. The summed E-state index contributed by atoms with van der Waals surface area (Å²) in [6.45, 7) is 4.30. The van der Waals surface area contributed by atoms with Crippen molar-refractivity contribution in [2.24, 2.45) is 11.8 Å². The van der Waals surface area contributed by atoms with Crippen molar-refractivity contribution in [3.05, 3.63) is 35.9 Å². The lowest BCUT2D eigenvalue weighted by Crippen LogP contribution is -2.45. The fraction of sp³-hybridized carbons (Fsp3) is 0.708. The van der Waals surface area contributed by atoms with Crippen molar-refractivity contribution < 1.29 is 4.79 Å². The number of nitrogens with zero attached hydrogens (tertiary/aromatic N) is 2. The first-order valence-corrected chi connectivity index (χ1v) is 11.4. The molecule has 0 N–H and O–H groups in total. The second kappa shape index (κ2) is 9.23. The molecule has 2 aliphatic heterocycles. The number of hydrogen-bond acceptors (Lipinski definition) is 2. The average Bonchev–Trinajstić information content (AvgIpc) is 3.19. The average molecular weight is 369 g/mol. The highest BCUT2D eigenvalue weighted by Gasteiger charge is 2.36. The van der Waals surface area contributed by atoms with Gasteiger partial charge >= 0.3 is 0 Å². The summed E-state index contributed by atoms with van der Waals surface area (Å²) in [6.07, 6.45) is 12.6. The Bertz CT molecular complexity index is 588. The monoisotopic (exact) mass is 368 g/mol. The summed E-state index contributed by atoms with van der Waals surface area (Å²) in [7, 11) is 0. The van der Waals surface area contributed by atoms with Gasteiger partial charge in [0.1, 0.15) is 0 Å². The molecular weight excluding hydrogens is 332 g/mol. The standard InChI is InChI=1S/C24H36N2O/c27-24-23(21-14-18-25(19-15-21)22-10-4-5-11-22)12-6-7-16-26(24)17-13-20-8-2-1-3-9-20/h1-3,8-9,21-23H,4-7,10-19H2. The number of carbonyl (C=O) groups excluding carboxylic acids is 1. The SMILES string of the molecule is O=C1C(C2CCN(C3CCCC3)CC2)CCCCN1CCc1ccccc1. The van der Waals surface area contributed by atoms with E-state index in [0.717, 1.165) is 32.0 Å². The van der Waals surface area contributed by atoms with Gasteiger partial charge in [0, 0.05) is 25.0 Å². The highest BCUT2D eigenvalue weighted by atomic mass is 16.2. The van der Waals surface area contributed by atoms with Gasteiger partial charge in [-0.1, -0.05) is 49.6 Å². The minimum Gasteiger partial charge on any atom is -0.342 e. The number of carbonyl (C=O) groups is 1. The van der Waals surface area contributed by atoms with E-state index in [1.54, 1.807) is 0 Å². The van der Waals surface area contributed by atoms with Crippen molar-refractivity contribution in [2.45, 2.75) is 70.3 Å². The van der Waals surface area contributed by atoms with Crippen molar-refractivity contribution in [1.82, 2.24) is 9.80 Å². The molecule has 1 atom stereocenters. The van der Waals surface area contributed by atoms with Crippen LogP contribution in [0.25, 0.3) is 0 Å². The highest BCUT2D eigenvalue weighted by Crippen LogP contribution is 2.34. The number of hydrogen-bond donors (Lipinski definition) is 0. The van der Waals surface area contributed by atoms with E-state index in [9.17, 15) is 4.79 Å². The zero-order valence-corrected chi connectivity index (χ0v) is 16.8. The highest BCUT2D eigenvalue weighted by molar-refractivity contribution is 5.79. The van der Waals surface area contributed by atoms with Gasteiger partial charge in [0.2, 0.25) is 5.91 Å². The fourth-order valence-electron chi connectivity index (χ4n) is 5.66. The second-order valence-corrected chi connectivity index (χ2v) is 8.97. The summed E-state index contributed by atoms with van der Waals surface area (Å²) in [4.78, 5) is 18.2. The molecule has 148 valence electrons. The Morgan fingerprint density at radius 3 is 2.26 bits per heavy atom. The first kappa shape index (κ1) is 19.0. The number of piperidine rings is 1. The molecule has 3 fully saturated rings. The molecule has 0 bridgehead atoms. The Balaban J connectivity index is 1.32. The van der Waals surface area contributed by atoms with Gasteiger partial charge < -0.3 is 9.80 Å². The lowest BCUT2D eigenvalue weighted by Gasteiger charge is -2.39. The predicted octanol–water partition coefficient (Wildman–Crippen LogP) is 4.51. The molecule has 1 saturated carbocycles. The predicted molar refractivity (Wildman–Crippen MR) is 111 cm³/mol. The van der Waals surface area contributed by atoms with Crippen LogP contribution in [0.3, 0.4) is 0 Å². The van der Waals surface area contributed by atoms with E-state index in [0.29, 0.717) is 11.8 Å². The molecule has 27 heavy (non-hydrogen) atoms. The Labute approximate surface area is 165 Å². The van der Waals surface area contributed by atoms with Crippen LogP contribution in [-0.2, 0) is 11.2 Å². The van der Waals surface area contributed by atoms with Crippen molar-refractivity contribution in [2.75, 3.05) is 26.2 Å². The minimum atomic E-state index is 0.286. The second-order valence-electron chi connectivity index (χ2n) is 8.97. The molecule has 3 nitrogen and oxygen atoms in total. The first-order chi connectivity index (χ1) is 13.3. The largest absolute Gasteiger partial charge is 0.342 e. The molecule has 1 amide bonds. The van der Waals surface area contributed by atoms with Crippen LogP contribution >= 0.6 is 0 Å². The Morgan fingerprint density at radius 2 is 1.52 bits per heavy atom. The summed E-state index contributed by atoms with van der Waals surface area (Å²) in [5.74, 6) is 1.37. The van der Waals surface area contributed by atoms with E-state index in [1.165, 1.54) is 70.0 Å². The van der Waals surface area contributed by atoms with Crippen molar-refractivity contribution in [3.63, 3.8) is 0 Å². The molecule has 1 aromatic rings. The third-order valence-electron chi connectivity index (χ3n) is 7.32. The van der Waals surface area contributed by atoms with Crippen molar-refractivity contribution >= 4 is 5.91 Å². The maximum absolute atomic E-state index is 13.3. The zero-order chi connectivity index (χ0) is 18.5. The fourth-order valence-corrected chi connectivity index (χ4v) is 5.66. The van der Waals surface area contributed by atoms with Crippen LogP contribution in [0, 0.1) is 11.8 Å². The minimum absolute atomic E-state index is 0.286. The van der Waals surface area contributed by atoms with E-state index in [-0.39, 0.29) is 5.92 Å². The Hall–Kier alpha value is -1.35. The molecule has 1 unspecified atom stereocenters. The van der Waals surface area contributed by atoms with Crippen LogP contribution < -0.4 is 0 Å². The van der Waals surface area contributed by atoms with Gasteiger partial charge in [-0.2, -0.15) is 0 Å². The van der Waals surface area contributed by atoms with E-state index in [4.69, 9.17) is 0 Å². The third-order valence-corrected chi connectivity index (χ3v) is 7.32. The van der Waals surface area contributed by atoms with Crippen molar-refractivity contribution in [1.29, 1.82) is 0 Å². The normalized spacial score (nSPS) is 26.4. The van der Waals surface area contributed by atoms with Gasteiger partial charge in [0.25, 0.3) is 0 Å². The zero-order valence-electron chi connectivity index (χ0n) is 16.8. The van der Waals surface area contributed by atoms with Crippen LogP contribution in [0.2, 0.25) is 0 Å². The van der Waals surface area contributed by atoms with Gasteiger partial charge in [0.15, 0.2) is 0 Å². The van der Waals surface area contributed by atoms with Crippen LogP contribution in [0.1, 0.15) is 63.4 Å². The van der Waals surface area contributed by atoms with Crippen LogP contribution in [0.4, 0.5) is 0 Å². The maximum Gasteiger partial charge on any atom is 0.225 e. The lowest BCUT2D eigenvalue weighted by atomic mass is 9.80. The van der Waals surface area contributed by atoms with Gasteiger partial charge in [-0.05, 0) is 69.5 Å². The summed E-state index contributed by atoms with van der Waals surface area (Å²) in [5, 5.41) is 0. The third kappa shape index (κ3) is 4.74. The summed E-state index contributed by atoms with van der Waals surface area (Å²) < 4.78 is 0. The van der Waals surface area contributed by atoms with E-state index >= 15 is 0 Å². The van der Waals surface area contributed by atoms with Crippen molar-refractivity contribution in [3.8, 4) is 0 Å². The molecule has 0 radical (unpaired) electrons. The number of amides is 1. The quantitative estimate of drug-likeness (QED) is 0.763. The number of likely N-dealkylation sites (tertiary alicyclic amines) is 2. The molecule has 3 aliphatic rings. The molecule has 0 spiro atoms. The molecule has 1 aliphatic carbocycles. The smallest absolute Gasteiger partial charge is 0.225 e. The van der Waals surface area contributed by atoms with Crippen LogP contribution in [0.5, 0.6) is 0 Å². The summed E-state index contributed by atoms with van der Waals surface area (Å²) in [6, 6.07) is 11.5. The van der Waals surface area contributed by atoms with E-state index in [1.807, 2.05) is 0 Å². The van der Waals surface area contributed by atoms with Gasteiger partial charge in [0.05, 0.1) is 0 Å². The number of benzene rings is 1. The number of rotatable bonds is 5. The maximum atomic E-state index is 13.3. The Kier molecular flexibility index (Phi) is 6.49. The van der Waals surface area contributed by atoms with Crippen LogP contribution in [0.15, 0.2) is 30.3 Å². The molecule has 3 heteroatoms. The van der Waals surface area contributed by atoms with Gasteiger partial charge in [-0.3, -0.25) is 4.79 Å². The molecule has 1 aromatic carbocycles. The van der Waals surface area contributed by atoms with Gasteiger partial charge in [-0.25, -0.2) is 0 Å². The lowest BCUT2D eigenvalue weighted by molar-refractivity contribution is -0.137. The molecular formula is C24H36N2O. The van der Waals surface area contributed by atoms with Gasteiger partial charge in [-0.15, -0.1) is 0 Å². The van der Waals surface area contributed by atoms with E-state index in [2.05, 4.69) is 40.1 Å². The Morgan fingerprint density at radius 1 is 0.815 bits per heavy atom. The van der Waals surface area contributed by atoms with Crippen LogP contribution in [-0.4, -0.2) is 47.9 Å². The summed E-state index contributed by atoms with van der Waals surface area (Å²) in [5.41, 5.74) is 1.34. The first-order valence-electron chi connectivity index (χ1n) is 11.4. The molecule has 2 saturated heterocycles. The van der Waals surface area contributed by atoms with E-state index < -0.39 is 0 Å². The molecule has 4 rings (SSSR count).